The second-order valence-electron chi connectivity index (χ2n) is 5.07. The van der Waals surface area contributed by atoms with Gasteiger partial charge in [-0.3, -0.25) is 0 Å². The predicted octanol–water partition coefficient (Wildman–Crippen LogP) is 4.21. The maximum Gasteiger partial charge on any atom is 0.242 e. The van der Waals surface area contributed by atoms with Crippen molar-refractivity contribution >= 4 is 37.6 Å². The molecule has 108 valence electrons. The van der Waals surface area contributed by atoms with Crippen molar-refractivity contribution in [2.24, 2.45) is 5.92 Å². The quantitative estimate of drug-likeness (QED) is 0.817. The Morgan fingerprint density at radius 2 is 1.89 bits per heavy atom. The molecule has 6 heteroatoms. The van der Waals surface area contributed by atoms with Crippen molar-refractivity contribution < 1.29 is 8.42 Å². The first-order valence-electron chi connectivity index (χ1n) is 6.19. The van der Waals surface area contributed by atoms with E-state index < -0.39 is 10.0 Å². The summed E-state index contributed by atoms with van der Waals surface area (Å²) in [5.41, 5.74) is 0. The van der Waals surface area contributed by atoms with Gasteiger partial charge in [-0.05, 0) is 43.9 Å². The maximum atomic E-state index is 12.2. The molecule has 0 amide bonds. The maximum absolute atomic E-state index is 12.2. The number of rotatable bonds is 6. The van der Waals surface area contributed by atoms with E-state index in [2.05, 4.69) is 34.5 Å². The van der Waals surface area contributed by atoms with Crippen molar-refractivity contribution in [2.75, 3.05) is 0 Å². The van der Waals surface area contributed by atoms with E-state index in [1.54, 1.807) is 12.1 Å². The Labute approximate surface area is 128 Å². The second kappa shape index (κ2) is 7.07. The molecule has 0 saturated heterocycles. The fourth-order valence-electron chi connectivity index (χ4n) is 1.66. The average molecular weight is 369 g/mol. The van der Waals surface area contributed by atoms with Crippen LogP contribution in [0.3, 0.4) is 0 Å². The molecule has 1 aromatic carbocycles. The standard InChI is InChI=1S/C13H19BrClNO2S/c1-9(2)4-5-10(3)16-19(17,18)13-7-6-11(14)8-12(13)15/h6-10,16H,4-5H2,1-3H3/t10-/m0/s1. The minimum absolute atomic E-state index is 0.105. The molecule has 0 saturated carbocycles. The molecule has 0 aliphatic heterocycles. The first kappa shape index (κ1) is 17.0. The number of halogens is 2. The highest BCUT2D eigenvalue weighted by atomic mass is 79.9. The van der Waals surface area contributed by atoms with Crippen LogP contribution in [0.25, 0.3) is 0 Å². The zero-order valence-electron chi connectivity index (χ0n) is 11.3. The molecule has 0 aliphatic rings. The Bertz CT molecular complexity index is 531. The monoisotopic (exact) mass is 367 g/mol. The van der Waals surface area contributed by atoms with Crippen LogP contribution in [0.2, 0.25) is 5.02 Å². The summed E-state index contributed by atoms with van der Waals surface area (Å²) in [7, 11) is -3.56. The highest BCUT2D eigenvalue weighted by molar-refractivity contribution is 9.10. The van der Waals surface area contributed by atoms with E-state index in [1.165, 1.54) is 6.07 Å². The summed E-state index contributed by atoms with van der Waals surface area (Å²) in [5, 5.41) is 0.220. The number of hydrogen-bond donors (Lipinski definition) is 1. The second-order valence-corrected chi connectivity index (χ2v) is 8.07. The van der Waals surface area contributed by atoms with Crippen molar-refractivity contribution in [3.8, 4) is 0 Å². The van der Waals surface area contributed by atoms with Gasteiger partial charge in [-0.25, -0.2) is 13.1 Å². The third-order valence-corrected chi connectivity index (χ3v) is 5.28. The average Bonchev–Trinajstić information content (AvgIpc) is 2.25. The fourth-order valence-corrected chi connectivity index (χ4v) is 3.98. The molecule has 1 aromatic rings. The summed E-state index contributed by atoms with van der Waals surface area (Å²) in [6, 6.07) is 4.64. The van der Waals surface area contributed by atoms with Crippen molar-refractivity contribution in [2.45, 2.75) is 44.6 Å². The molecule has 0 aliphatic carbocycles. The topological polar surface area (TPSA) is 46.2 Å². The van der Waals surface area contributed by atoms with Crippen LogP contribution in [0.1, 0.15) is 33.6 Å². The molecule has 0 bridgehead atoms. The molecule has 1 rings (SSSR count). The molecule has 19 heavy (non-hydrogen) atoms. The van der Waals surface area contributed by atoms with Crippen LogP contribution >= 0.6 is 27.5 Å². The molecular formula is C13H19BrClNO2S. The van der Waals surface area contributed by atoms with E-state index in [1.807, 2.05) is 6.92 Å². The molecular weight excluding hydrogens is 350 g/mol. The van der Waals surface area contributed by atoms with E-state index >= 15 is 0 Å². The third-order valence-electron chi connectivity index (χ3n) is 2.72. The summed E-state index contributed by atoms with van der Waals surface area (Å²) in [5.74, 6) is 0.559. The van der Waals surface area contributed by atoms with Gasteiger partial charge >= 0.3 is 0 Å². The van der Waals surface area contributed by atoms with E-state index in [0.29, 0.717) is 5.92 Å². The number of hydrogen-bond acceptors (Lipinski definition) is 2. The Kier molecular flexibility index (Phi) is 6.30. The van der Waals surface area contributed by atoms with Crippen LogP contribution in [0.15, 0.2) is 27.6 Å². The van der Waals surface area contributed by atoms with E-state index in [-0.39, 0.29) is 16.0 Å². The predicted molar refractivity (Wildman–Crippen MR) is 83.0 cm³/mol. The van der Waals surface area contributed by atoms with E-state index in [4.69, 9.17) is 11.6 Å². The molecule has 0 radical (unpaired) electrons. The molecule has 1 atom stereocenters. The SMILES string of the molecule is CC(C)CC[C@H](C)NS(=O)(=O)c1ccc(Br)cc1Cl. The van der Waals surface area contributed by atoms with Gasteiger partial charge in [0.25, 0.3) is 0 Å². The van der Waals surface area contributed by atoms with Crippen LogP contribution in [0.4, 0.5) is 0 Å². The third kappa shape index (κ3) is 5.42. The summed E-state index contributed by atoms with van der Waals surface area (Å²) in [6.45, 7) is 6.10. The van der Waals surface area contributed by atoms with Crippen LogP contribution in [-0.4, -0.2) is 14.5 Å². The highest BCUT2D eigenvalue weighted by Crippen LogP contribution is 2.25. The van der Waals surface area contributed by atoms with Crippen LogP contribution in [-0.2, 0) is 10.0 Å². The molecule has 0 fully saturated rings. The Morgan fingerprint density at radius 1 is 1.26 bits per heavy atom. The van der Waals surface area contributed by atoms with Gasteiger partial charge < -0.3 is 0 Å². The van der Waals surface area contributed by atoms with Crippen molar-refractivity contribution in [1.29, 1.82) is 0 Å². The van der Waals surface area contributed by atoms with Crippen molar-refractivity contribution in [3.05, 3.63) is 27.7 Å². The first-order chi connectivity index (χ1) is 8.72. The molecule has 0 spiro atoms. The molecule has 0 unspecified atom stereocenters. The number of nitrogens with one attached hydrogen (secondary N) is 1. The fraction of sp³-hybridized carbons (Fsp3) is 0.538. The smallest absolute Gasteiger partial charge is 0.208 e. The lowest BCUT2D eigenvalue weighted by atomic mass is 10.1. The molecule has 0 aromatic heterocycles. The lowest BCUT2D eigenvalue weighted by Crippen LogP contribution is -2.33. The van der Waals surface area contributed by atoms with Gasteiger partial charge in [0.1, 0.15) is 4.90 Å². The largest absolute Gasteiger partial charge is 0.242 e. The van der Waals surface area contributed by atoms with Gasteiger partial charge in [0.05, 0.1) is 5.02 Å². The van der Waals surface area contributed by atoms with Gasteiger partial charge in [0.15, 0.2) is 0 Å². The minimum atomic E-state index is -3.56. The summed E-state index contributed by atoms with van der Waals surface area (Å²) < 4.78 is 27.8. The minimum Gasteiger partial charge on any atom is -0.208 e. The Morgan fingerprint density at radius 3 is 2.42 bits per heavy atom. The lowest BCUT2D eigenvalue weighted by molar-refractivity contribution is 0.485. The van der Waals surface area contributed by atoms with Gasteiger partial charge in [-0.2, -0.15) is 0 Å². The van der Waals surface area contributed by atoms with Gasteiger partial charge in [-0.1, -0.05) is 41.4 Å². The molecule has 1 N–H and O–H groups in total. The van der Waals surface area contributed by atoms with Crippen LogP contribution < -0.4 is 4.72 Å². The number of sulfonamides is 1. The van der Waals surface area contributed by atoms with Crippen molar-refractivity contribution in [1.82, 2.24) is 4.72 Å². The van der Waals surface area contributed by atoms with Gasteiger partial charge in [0.2, 0.25) is 10.0 Å². The molecule has 0 heterocycles. The number of benzene rings is 1. The van der Waals surface area contributed by atoms with E-state index in [9.17, 15) is 8.42 Å². The zero-order chi connectivity index (χ0) is 14.6. The van der Waals surface area contributed by atoms with Crippen LogP contribution in [0, 0.1) is 5.92 Å². The lowest BCUT2D eigenvalue weighted by Gasteiger charge is -2.16. The van der Waals surface area contributed by atoms with Crippen LogP contribution in [0.5, 0.6) is 0 Å². The summed E-state index contributed by atoms with van der Waals surface area (Å²) in [6.07, 6.45) is 1.79. The summed E-state index contributed by atoms with van der Waals surface area (Å²) in [4.78, 5) is 0.119. The highest BCUT2D eigenvalue weighted by Gasteiger charge is 2.20. The Balaban J connectivity index is 2.81. The summed E-state index contributed by atoms with van der Waals surface area (Å²) >= 11 is 9.23. The Hall–Kier alpha value is -0.100. The zero-order valence-corrected chi connectivity index (χ0v) is 14.4. The normalized spacial score (nSPS) is 13.8. The first-order valence-corrected chi connectivity index (χ1v) is 8.85. The van der Waals surface area contributed by atoms with E-state index in [0.717, 1.165) is 17.3 Å². The van der Waals surface area contributed by atoms with Gasteiger partial charge in [0, 0.05) is 10.5 Å². The molecule has 3 nitrogen and oxygen atoms in total. The van der Waals surface area contributed by atoms with Crippen molar-refractivity contribution in [3.63, 3.8) is 0 Å². The van der Waals surface area contributed by atoms with Gasteiger partial charge in [-0.15, -0.1) is 0 Å².